The van der Waals surface area contributed by atoms with Crippen LogP contribution in [0.5, 0.6) is 0 Å². The second-order valence-electron chi connectivity index (χ2n) is 6.54. The Hall–Kier alpha value is -0.923. The predicted molar refractivity (Wildman–Crippen MR) is 90.3 cm³/mol. The fourth-order valence-electron chi connectivity index (χ4n) is 2.08. The van der Waals surface area contributed by atoms with Gasteiger partial charge >= 0.3 is 0 Å². The van der Waals surface area contributed by atoms with Crippen LogP contribution < -0.4 is 0 Å². The zero-order valence-corrected chi connectivity index (χ0v) is 15.5. The van der Waals surface area contributed by atoms with E-state index in [1.165, 1.54) is 24.8 Å². The van der Waals surface area contributed by atoms with Crippen molar-refractivity contribution >= 4 is 30.9 Å². The number of aromatic nitrogens is 2. The van der Waals surface area contributed by atoms with Crippen LogP contribution in [0, 0.1) is 18.6 Å². The first-order valence-corrected chi connectivity index (χ1v) is 12.1. The second kappa shape index (κ2) is 6.68. The molecular weight excluding hydrogens is 322 g/mol. The molecule has 0 saturated carbocycles. The number of halogens is 2. The van der Waals surface area contributed by atoms with Gasteiger partial charge in [-0.05, 0) is 19.2 Å². The molecule has 122 valence electrons. The monoisotopic (exact) mass is 344 g/mol. The third-order valence-corrected chi connectivity index (χ3v) is 5.91. The Morgan fingerprint density at radius 1 is 1.32 bits per heavy atom. The summed E-state index contributed by atoms with van der Waals surface area (Å²) >= 11 is 1.40. The van der Waals surface area contributed by atoms with Crippen molar-refractivity contribution in [1.29, 1.82) is 0 Å². The molecule has 1 heterocycles. The summed E-state index contributed by atoms with van der Waals surface area (Å²) in [6.45, 7) is 9.18. The molecule has 0 fully saturated rings. The van der Waals surface area contributed by atoms with E-state index in [1.807, 2.05) is 6.26 Å². The van der Waals surface area contributed by atoms with Crippen LogP contribution in [0.1, 0.15) is 5.56 Å². The van der Waals surface area contributed by atoms with E-state index in [2.05, 4.69) is 24.6 Å². The number of benzene rings is 1. The van der Waals surface area contributed by atoms with Crippen molar-refractivity contribution in [2.45, 2.75) is 44.5 Å². The molecule has 1 aromatic heterocycles. The lowest BCUT2D eigenvalue weighted by atomic mass is 10.2. The van der Waals surface area contributed by atoms with Crippen LogP contribution in [0.25, 0.3) is 11.0 Å². The maximum atomic E-state index is 14.2. The highest BCUT2D eigenvalue weighted by Crippen LogP contribution is 2.27. The average molecular weight is 345 g/mol. The summed E-state index contributed by atoms with van der Waals surface area (Å²) in [5.74, 6) is -1.15. The van der Waals surface area contributed by atoms with Gasteiger partial charge in [0, 0.05) is 26.3 Å². The lowest BCUT2D eigenvalue weighted by Gasteiger charge is -2.16. The topological polar surface area (TPSA) is 27.1 Å². The number of imidazole rings is 1. The molecule has 2 aromatic rings. The van der Waals surface area contributed by atoms with Crippen molar-refractivity contribution in [2.24, 2.45) is 0 Å². The zero-order valence-electron chi connectivity index (χ0n) is 13.7. The van der Waals surface area contributed by atoms with Gasteiger partial charge in [-0.15, -0.1) is 0 Å². The van der Waals surface area contributed by atoms with Gasteiger partial charge in [-0.25, -0.2) is 13.8 Å². The number of fused-ring (bicyclic) bond motifs is 1. The van der Waals surface area contributed by atoms with Gasteiger partial charge in [-0.1, -0.05) is 31.4 Å². The normalized spacial score (nSPS) is 12.3. The summed E-state index contributed by atoms with van der Waals surface area (Å²) in [4.78, 5) is 4.27. The van der Waals surface area contributed by atoms with Crippen molar-refractivity contribution in [3.63, 3.8) is 0 Å². The first-order chi connectivity index (χ1) is 10.2. The molecule has 3 nitrogen and oxygen atoms in total. The first kappa shape index (κ1) is 17.4. The Balaban J connectivity index is 2.28. The van der Waals surface area contributed by atoms with Crippen LogP contribution in [0.3, 0.4) is 0 Å². The van der Waals surface area contributed by atoms with Crippen molar-refractivity contribution < 1.29 is 13.5 Å². The molecule has 0 bridgehead atoms. The Morgan fingerprint density at radius 3 is 2.59 bits per heavy atom. The van der Waals surface area contributed by atoms with Crippen LogP contribution >= 0.6 is 11.8 Å². The highest BCUT2D eigenvalue weighted by Gasteiger charge is 2.18. The van der Waals surface area contributed by atoms with Gasteiger partial charge in [0.15, 0.2) is 11.0 Å². The lowest BCUT2D eigenvalue weighted by molar-refractivity contribution is 0.0843. The SMILES string of the molecule is CSc1nc2c(F)c(C)c(F)cc2n1COCC[Si](C)(C)C. The molecule has 0 aliphatic heterocycles. The molecule has 1 aromatic carbocycles. The van der Waals surface area contributed by atoms with E-state index in [4.69, 9.17) is 4.74 Å². The second-order valence-corrected chi connectivity index (χ2v) is 12.9. The average Bonchev–Trinajstić information content (AvgIpc) is 2.78. The third-order valence-electron chi connectivity index (χ3n) is 3.53. The lowest BCUT2D eigenvalue weighted by Crippen LogP contribution is -2.22. The minimum absolute atomic E-state index is 0.00412. The molecule has 0 aliphatic carbocycles. The minimum Gasteiger partial charge on any atom is -0.361 e. The maximum Gasteiger partial charge on any atom is 0.170 e. The van der Waals surface area contributed by atoms with E-state index >= 15 is 0 Å². The van der Waals surface area contributed by atoms with Crippen molar-refractivity contribution in [2.75, 3.05) is 12.9 Å². The molecule has 0 aliphatic rings. The van der Waals surface area contributed by atoms with Gasteiger partial charge in [-0.3, -0.25) is 4.57 Å². The van der Waals surface area contributed by atoms with E-state index in [9.17, 15) is 8.78 Å². The van der Waals surface area contributed by atoms with Crippen LogP contribution in [-0.2, 0) is 11.5 Å². The number of rotatable bonds is 6. The van der Waals surface area contributed by atoms with Gasteiger partial charge in [0.05, 0.1) is 5.52 Å². The van der Waals surface area contributed by atoms with Crippen molar-refractivity contribution in [1.82, 2.24) is 9.55 Å². The highest BCUT2D eigenvalue weighted by atomic mass is 32.2. The van der Waals surface area contributed by atoms with Crippen LogP contribution in [0.2, 0.25) is 25.7 Å². The molecule has 22 heavy (non-hydrogen) atoms. The predicted octanol–water partition coefficient (Wildman–Crippen LogP) is 4.66. The molecule has 2 rings (SSSR count). The molecule has 0 unspecified atom stereocenters. The van der Waals surface area contributed by atoms with Crippen molar-refractivity contribution in [3.8, 4) is 0 Å². The molecule has 0 N–H and O–H groups in total. The molecule has 0 amide bonds. The van der Waals surface area contributed by atoms with Gasteiger partial charge in [0.2, 0.25) is 0 Å². The number of nitrogens with zero attached hydrogens (tertiary/aromatic N) is 2. The van der Waals surface area contributed by atoms with E-state index in [0.717, 1.165) is 6.04 Å². The molecule has 7 heteroatoms. The smallest absolute Gasteiger partial charge is 0.170 e. The Labute approximate surface area is 135 Å². The van der Waals surface area contributed by atoms with Gasteiger partial charge < -0.3 is 4.74 Å². The van der Waals surface area contributed by atoms with Crippen LogP contribution in [-0.4, -0.2) is 30.5 Å². The molecule has 0 saturated heterocycles. The Bertz CT molecular complexity index is 682. The fraction of sp³-hybridized carbons (Fsp3) is 0.533. The van der Waals surface area contributed by atoms with Crippen LogP contribution in [0.4, 0.5) is 8.78 Å². The Kier molecular flexibility index (Phi) is 5.29. The van der Waals surface area contributed by atoms with Gasteiger partial charge in [0.1, 0.15) is 18.1 Å². The van der Waals surface area contributed by atoms with Gasteiger partial charge in [0.25, 0.3) is 0 Å². The third kappa shape index (κ3) is 3.69. The van der Waals surface area contributed by atoms with E-state index < -0.39 is 19.7 Å². The van der Waals surface area contributed by atoms with E-state index in [1.54, 1.807) is 4.57 Å². The largest absolute Gasteiger partial charge is 0.361 e. The summed E-state index contributed by atoms with van der Waals surface area (Å²) in [5.41, 5.74) is 0.652. The molecule has 0 atom stereocenters. The van der Waals surface area contributed by atoms with E-state index in [0.29, 0.717) is 17.3 Å². The maximum absolute atomic E-state index is 14.2. The first-order valence-electron chi connectivity index (χ1n) is 7.21. The molecular formula is C15H22F2N2OSSi. The summed E-state index contributed by atoms with van der Waals surface area (Å²) < 4.78 is 35.4. The highest BCUT2D eigenvalue weighted by molar-refractivity contribution is 7.98. The Morgan fingerprint density at radius 2 is 2.00 bits per heavy atom. The quantitative estimate of drug-likeness (QED) is 0.433. The fourth-order valence-corrected chi connectivity index (χ4v) is 3.39. The summed E-state index contributed by atoms with van der Waals surface area (Å²) in [5, 5.41) is 0.631. The van der Waals surface area contributed by atoms with Gasteiger partial charge in [-0.2, -0.15) is 0 Å². The van der Waals surface area contributed by atoms with Crippen molar-refractivity contribution in [3.05, 3.63) is 23.3 Å². The minimum atomic E-state index is -1.16. The molecule has 0 spiro atoms. The summed E-state index contributed by atoms with van der Waals surface area (Å²) in [6, 6.07) is 2.39. The number of ether oxygens (including phenoxy) is 1. The number of thioether (sulfide) groups is 1. The summed E-state index contributed by atoms with van der Waals surface area (Å²) in [6.07, 6.45) is 1.86. The number of hydrogen-bond acceptors (Lipinski definition) is 3. The van der Waals surface area contributed by atoms with E-state index in [-0.39, 0.29) is 17.8 Å². The summed E-state index contributed by atoms with van der Waals surface area (Å²) in [7, 11) is -1.16. The molecule has 0 radical (unpaired) electrons. The van der Waals surface area contributed by atoms with Crippen LogP contribution in [0.15, 0.2) is 11.2 Å². The standard InChI is InChI=1S/C15H22F2N2OSSi/c1-10-11(16)8-12-14(13(10)17)18-15(21-2)19(12)9-20-6-7-22(3,4)5/h8H,6-7,9H2,1-5H3. The number of hydrogen-bond donors (Lipinski definition) is 0. The zero-order chi connectivity index (χ0) is 16.5.